The Labute approximate surface area is 219 Å². The molecule has 33 heavy (non-hydrogen) atoms. The molecule has 0 radical (unpaired) electrons. The first-order valence-electron chi connectivity index (χ1n) is 11.6. The van der Waals surface area contributed by atoms with Crippen LogP contribution in [0.2, 0.25) is 0 Å². The second-order valence-electron chi connectivity index (χ2n) is 7.05. The van der Waals surface area contributed by atoms with E-state index in [1.165, 1.54) is 0 Å². The molecule has 0 spiro atoms. The molecule has 4 atom stereocenters. The van der Waals surface area contributed by atoms with Gasteiger partial charge in [0.05, 0.1) is 0 Å². The van der Waals surface area contributed by atoms with E-state index in [-0.39, 0.29) is 21.1 Å². The van der Waals surface area contributed by atoms with Gasteiger partial charge in [-0.25, -0.2) is 0 Å². The van der Waals surface area contributed by atoms with Gasteiger partial charge in [-0.15, -0.1) is 0 Å². The molecule has 0 saturated heterocycles. The summed E-state index contributed by atoms with van der Waals surface area (Å²) in [4.78, 5) is 39.6. The Morgan fingerprint density at radius 3 is 0.636 bits per heavy atom. The van der Waals surface area contributed by atoms with E-state index in [0.29, 0.717) is 24.6 Å². The molecule has 0 rings (SSSR count). The van der Waals surface area contributed by atoms with E-state index in [9.17, 15) is 37.8 Å². The van der Waals surface area contributed by atoms with Crippen molar-refractivity contribution in [3.05, 3.63) is 0 Å². The molecule has 0 bridgehead atoms. The summed E-state index contributed by atoms with van der Waals surface area (Å²) in [7, 11) is -8.45. The summed E-state index contributed by atoms with van der Waals surface area (Å²) >= 11 is 0. The normalized spacial score (nSPS) is 11.2. The van der Waals surface area contributed by atoms with Crippen molar-refractivity contribution in [1.29, 1.82) is 0 Å². The van der Waals surface area contributed by atoms with Crippen molar-refractivity contribution in [2.24, 2.45) is 0 Å². The van der Waals surface area contributed by atoms with Gasteiger partial charge in [-0.05, 0) is 51.4 Å². The van der Waals surface area contributed by atoms with Crippen LogP contribution in [-0.4, -0.2) is 24.6 Å². The van der Waals surface area contributed by atoms with E-state index >= 15 is 0 Å². The van der Waals surface area contributed by atoms with Gasteiger partial charge in [-0.2, -0.15) is 0 Å². The van der Waals surface area contributed by atoms with Crippen molar-refractivity contribution in [1.82, 2.24) is 0 Å². The summed E-state index contributed by atoms with van der Waals surface area (Å²) < 4.78 is 39.6. The molecule has 13 heteroatoms. The molecular formula is C20H44MoO8P4+4. The molecule has 0 aliphatic rings. The van der Waals surface area contributed by atoms with Crippen LogP contribution in [0.15, 0.2) is 0 Å². The van der Waals surface area contributed by atoms with E-state index in [0.717, 1.165) is 77.0 Å². The fourth-order valence-corrected chi connectivity index (χ4v) is 3.89. The predicted octanol–water partition coefficient (Wildman–Crippen LogP) is 5.11. The number of rotatable bonds is 16. The summed E-state index contributed by atoms with van der Waals surface area (Å²) in [6, 6.07) is 0. The van der Waals surface area contributed by atoms with E-state index in [4.69, 9.17) is 0 Å². The van der Waals surface area contributed by atoms with Crippen molar-refractivity contribution in [3.63, 3.8) is 0 Å². The minimum atomic E-state index is -2.11. The average molecular weight is 632 g/mol. The van der Waals surface area contributed by atoms with Gasteiger partial charge in [0.15, 0.2) is 0 Å². The first kappa shape index (κ1) is 44.0. The van der Waals surface area contributed by atoms with Crippen LogP contribution in [0.25, 0.3) is 0 Å². The fourth-order valence-electron chi connectivity index (χ4n) is 1.96. The van der Waals surface area contributed by atoms with Crippen LogP contribution in [-0.2, 0) is 39.3 Å². The van der Waals surface area contributed by atoms with Gasteiger partial charge in [0.2, 0.25) is 0 Å². The number of hydrogen-bond donors (Lipinski definition) is 0. The largest absolute Gasteiger partial charge is 4.00 e. The minimum Gasteiger partial charge on any atom is -0.596 e. The molecule has 0 aromatic carbocycles. The molecule has 0 N–H and O–H groups in total. The van der Waals surface area contributed by atoms with E-state index in [1.54, 1.807) is 0 Å². The quantitative estimate of drug-likeness (QED) is 0.129. The van der Waals surface area contributed by atoms with Crippen LogP contribution in [0.1, 0.15) is 105 Å². The van der Waals surface area contributed by atoms with Crippen molar-refractivity contribution < 1.29 is 58.9 Å². The molecule has 0 fully saturated rings. The van der Waals surface area contributed by atoms with Gasteiger partial charge in [0.1, 0.15) is 24.6 Å². The van der Waals surface area contributed by atoms with Gasteiger partial charge in [-0.1, -0.05) is 71.6 Å². The van der Waals surface area contributed by atoms with Gasteiger partial charge in [0, 0.05) is 0 Å². The topological polar surface area (TPSA) is 161 Å². The second kappa shape index (κ2) is 40.1. The molecule has 194 valence electrons. The fraction of sp³-hybridized carbons (Fsp3) is 1.00. The Kier molecular flexibility index (Phi) is 53.4. The Morgan fingerprint density at radius 2 is 0.545 bits per heavy atom. The molecular weight excluding hydrogens is 588 g/mol. The first-order chi connectivity index (χ1) is 15.1. The van der Waals surface area contributed by atoms with Crippen LogP contribution < -0.4 is 19.6 Å². The first-order valence-corrected chi connectivity index (χ1v) is 17.0. The maximum atomic E-state index is 9.91. The Bertz CT molecular complexity index is 378. The molecule has 8 nitrogen and oxygen atoms in total. The van der Waals surface area contributed by atoms with Gasteiger partial charge in [0.25, 0.3) is 0 Å². The molecule has 0 aliphatic carbocycles. The molecule has 0 saturated carbocycles. The van der Waals surface area contributed by atoms with Gasteiger partial charge in [-0.3, -0.25) is 0 Å². The van der Waals surface area contributed by atoms with Crippen LogP contribution in [0, 0.1) is 0 Å². The maximum Gasteiger partial charge on any atom is 4.00 e. The molecule has 0 aromatic rings. The third kappa shape index (κ3) is 71.9. The Balaban J connectivity index is -0.000000105. The minimum absolute atomic E-state index is 0. The standard InChI is InChI=1S/4C5H11O2P.Mo/c4*1-2-3-4-5-8(6)7;/h4*2-5H2,1H3;/q;;;;+4. The van der Waals surface area contributed by atoms with Crippen LogP contribution in [0.5, 0.6) is 0 Å². The van der Waals surface area contributed by atoms with E-state index in [2.05, 4.69) is 27.7 Å². The molecule has 4 unspecified atom stereocenters. The smallest absolute Gasteiger partial charge is 0.596 e. The zero-order valence-electron chi connectivity index (χ0n) is 20.8. The number of hydrogen-bond acceptors (Lipinski definition) is 8. The SMILES string of the molecule is CCCCC[P+](=O)[O-].CCCCC[P+](=O)[O-].CCCCC[P+](=O)[O-].CCCCC[P+](=O)[O-].[Mo+4]. The van der Waals surface area contributed by atoms with E-state index < -0.39 is 32.1 Å². The Morgan fingerprint density at radius 1 is 0.394 bits per heavy atom. The van der Waals surface area contributed by atoms with Crippen LogP contribution >= 0.6 is 32.1 Å². The molecule has 0 heterocycles. The van der Waals surface area contributed by atoms with Crippen molar-refractivity contribution in [2.75, 3.05) is 24.6 Å². The van der Waals surface area contributed by atoms with Crippen LogP contribution in [0.3, 0.4) is 0 Å². The van der Waals surface area contributed by atoms with Gasteiger partial charge < -0.3 is 19.6 Å². The maximum absolute atomic E-state index is 9.91. The summed E-state index contributed by atoms with van der Waals surface area (Å²) in [6.07, 6.45) is 13.2. The van der Waals surface area contributed by atoms with Crippen molar-refractivity contribution in [2.45, 2.75) is 105 Å². The summed E-state index contributed by atoms with van der Waals surface area (Å²) in [5.41, 5.74) is 0. The van der Waals surface area contributed by atoms with Gasteiger partial charge >= 0.3 is 53.2 Å². The average Bonchev–Trinajstić information content (AvgIpc) is 2.69. The molecule has 0 aliphatic heterocycles. The zero-order valence-corrected chi connectivity index (χ0v) is 26.4. The third-order valence-electron chi connectivity index (χ3n) is 3.78. The predicted molar refractivity (Wildman–Crippen MR) is 128 cm³/mol. The monoisotopic (exact) mass is 634 g/mol. The number of unbranched alkanes of at least 4 members (excludes halogenated alkanes) is 8. The van der Waals surface area contributed by atoms with Crippen molar-refractivity contribution >= 4 is 32.1 Å². The summed E-state index contributed by atoms with van der Waals surface area (Å²) in [5.74, 6) is 0. The Hall–Kier alpha value is 0.928. The molecule has 0 amide bonds. The third-order valence-corrected chi connectivity index (χ3v) is 6.50. The van der Waals surface area contributed by atoms with Crippen LogP contribution in [0.4, 0.5) is 0 Å². The molecule has 0 aromatic heterocycles. The van der Waals surface area contributed by atoms with E-state index in [1.807, 2.05) is 0 Å². The summed E-state index contributed by atoms with van der Waals surface area (Å²) in [5, 5.41) is 0. The van der Waals surface area contributed by atoms with Crippen molar-refractivity contribution in [3.8, 4) is 0 Å². The zero-order chi connectivity index (χ0) is 25.6. The summed E-state index contributed by atoms with van der Waals surface area (Å²) in [6.45, 7) is 8.21. The second-order valence-corrected chi connectivity index (χ2v) is 11.5.